The Bertz CT molecular complexity index is 1440. The van der Waals surface area contributed by atoms with Crippen LogP contribution in [0.3, 0.4) is 0 Å². The van der Waals surface area contributed by atoms with Gasteiger partial charge < -0.3 is 20.3 Å². The quantitative estimate of drug-likeness (QED) is 0.343. The minimum absolute atomic E-state index is 0.118. The number of para-hydroxylation sites is 1. The van der Waals surface area contributed by atoms with Crippen molar-refractivity contribution >= 4 is 34.1 Å². The Kier molecular flexibility index (Phi) is 6.76. The molecule has 0 atom stereocenters. The molecule has 11 heteroatoms. The van der Waals surface area contributed by atoms with E-state index < -0.39 is 29.3 Å². The Morgan fingerprint density at radius 1 is 1.03 bits per heavy atom. The molecule has 4 aromatic rings. The summed E-state index contributed by atoms with van der Waals surface area (Å²) in [5.74, 6) is -1.10. The van der Waals surface area contributed by atoms with Gasteiger partial charge in [0.1, 0.15) is 41.3 Å². The van der Waals surface area contributed by atoms with Crippen LogP contribution in [0.5, 0.6) is 5.75 Å². The molecule has 2 N–H and O–H groups in total. The van der Waals surface area contributed by atoms with Gasteiger partial charge in [-0.2, -0.15) is 4.39 Å². The number of hydrogen-bond donors (Lipinski definition) is 2. The lowest BCUT2D eigenvalue weighted by Gasteiger charge is -2.32. The van der Waals surface area contributed by atoms with Crippen LogP contribution in [0.4, 0.5) is 35.2 Å². The number of piperidine rings is 1. The highest BCUT2D eigenvalue weighted by molar-refractivity contribution is 5.90. The molecule has 0 radical (unpaired) electrons. The van der Waals surface area contributed by atoms with Crippen molar-refractivity contribution in [2.45, 2.75) is 25.9 Å². The third-order valence-electron chi connectivity index (χ3n) is 6.14. The number of aryl methyl sites for hydroxylation is 1. The fourth-order valence-corrected chi connectivity index (χ4v) is 4.19. The van der Waals surface area contributed by atoms with Gasteiger partial charge in [-0.1, -0.05) is 6.07 Å². The van der Waals surface area contributed by atoms with Gasteiger partial charge in [-0.15, -0.1) is 0 Å². The van der Waals surface area contributed by atoms with Gasteiger partial charge in [-0.3, -0.25) is 0 Å². The molecule has 37 heavy (non-hydrogen) atoms. The predicted octanol–water partition coefficient (Wildman–Crippen LogP) is 5.57. The third-order valence-corrected chi connectivity index (χ3v) is 6.14. The van der Waals surface area contributed by atoms with Gasteiger partial charge in [0.2, 0.25) is 5.95 Å². The minimum atomic E-state index is -0.822. The standard InChI is InChI=1S/C26H23F3N6O2/c1-15-11-16(33-25-18-12-23(29)30-13-21(18)31-14-32-25)5-6-22(15)37-17-7-9-35(10-8-17)26(36)34-24-19(27)3-2-4-20(24)28/h2-6,11-14,17H,7-10H2,1H3,(H,34,36)(H,31,32,33). The summed E-state index contributed by atoms with van der Waals surface area (Å²) in [6.45, 7) is 2.68. The van der Waals surface area contributed by atoms with Crippen LogP contribution in [-0.2, 0) is 0 Å². The zero-order valence-electron chi connectivity index (χ0n) is 19.8. The van der Waals surface area contributed by atoms with Gasteiger partial charge in [-0.25, -0.2) is 28.5 Å². The van der Waals surface area contributed by atoms with Gasteiger partial charge in [0.05, 0.1) is 11.7 Å². The summed E-state index contributed by atoms with van der Waals surface area (Å²) in [7, 11) is 0. The molecule has 5 rings (SSSR count). The first-order valence-corrected chi connectivity index (χ1v) is 11.7. The zero-order chi connectivity index (χ0) is 25.9. The van der Waals surface area contributed by atoms with Crippen molar-refractivity contribution in [2.24, 2.45) is 0 Å². The number of anilines is 3. The smallest absolute Gasteiger partial charge is 0.322 e. The molecule has 0 spiro atoms. The van der Waals surface area contributed by atoms with E-state index in [-0.39, 0.29) is 6.10 Å². The highest BCUT2D eigenvalue weighted by Gasteiger charge is 2.25. The molecule has 2 aromatic heterocycles. The Morgan fingerprint density at radius 2 is 1.78 bits per heavy atom. The van der Waals surface area contributed by atoms with Crippen LogP contribution in [0.25, 0.3) is 10.9 Å². The van der Waals surface area contributed by atoms with Crippen molar-refractivity contribution in [1.29, 1.82) is 0 Å². The lowest BCUT2D eigenvalue weighted by Crippen LogP contribution is -2.44. The lowest BCUT2D eigenvalue weighted by molar-refractivity contribution is 0.115. The topological polar surface area (TPSA) is 92.3 Å². The molecule has 1 aliphatic heterocycles. The van der Waals surface area contributed by atoms with Crippen molar-refractivity contribution in [1.82, 2.24) is 19.9 Å². The van der Waals surface area contributed by atoms with E-state index in [1.807, 2.05) is 25.1 Å². The van der Waals surface area contributed by atoms with Crippen LogP contribution in [0, 0.1) is 24.5 Å². The molecular formula is C26H23F3N6O2. The maximum Gasteiger partial charge on any atom is 0.322 e. The molecule has 0 bridgehead atoms. The number of nitrogens with one attached hydrogen (secondary N) is 2. The SMILES string of the molecule is Cc1cc(Nc2ncnc3cnc(F)cc23)ccc1OC1CCN(C(=O)Nc2c(F)cccc2F)CC1. The number of fused-ring (bicyclic) bond motifs is 1. The number of halogens is 3. The Hall–Kier alpha value is -4.41. The first-order chi connectivity index (χ1) is 17.9. The summed E-state index contributed by atoms with van der Waals surface area (Å²) in [5, 5.41) is 6.02. The minimum Gasteiger partial charge on any atom is -0.490 e. The Balaban J connectivity index is 1.19. The van der Waals surface area contributed by atoms with E-state index in [9.17, 15) is 18.0 Å². The second kappa shape index (κ2) is 10.3. The molecular weight excluding hydrogens is 485 g/mol. The summed E-state index contributed by atoms with van der Waals surface area (Å²) in [6, 6.07) is 9.72. The second-order valence-corrected chi connectivity index (χ2v) is 8.68. The molecule has 1 aliphatic rings. The van der Waals surface area contributed by atoms with Crippen molar-refractivity contribution in [3.8, 4) is 5.75 Å². The van der Waals surface area contributed by atoms with Crippen molar-refractivity contribution in [3.05, 3.63) is 78.1 Å². The largest absolute Gasteiger partial charge is 0.490 e. The third kappa shape index (κ3) is 5.40. The number of rotatable bonds is 5. The number of aromatic nitrogens is 3. The van der Waals surface area contributed by atoms with Gasteiger partial charge in [0, 0.05) is 43.1 Å². The summed E-state index contributed by atoms with van der Waals surface area (Å²) >= 11 is 0. The lowest BCUT2D eigenvalue weighted by atomic mass is 10.1. The Labute approximate surface area is 210 Å². The summed E-state index contributed by atoms with van der Waals surface area (Å²) in [5.41, 5.74) is 1.70. The Morgan fingerprint density at radius 3 is 2.51 bits per heavy atom. The van der Waals surface area contributed by atoms with E-state index in [1.54, 1.807) is 0 Å². The summed E-state index contributed by atoms with van der Waals surface area (Å²) in [6.07, 6.45) is 3.76. The van der Waals surface area contributed by atoms with Gasteiger partial charge in [0.15, 0.2) is 0 Å². The van der Waals surface area contributed by atoms with Crippen LogP contribution in [-0.4, -0.2) is 45.1 Å². The van der Waals surface area contributed by atoms with E-state index in [0.29, 0.717) is 48.4 Å². The molecule has 2 amide bonds. The molecule has 3 heterocycles. The van der Waals surface area contributed by atoms with E-state index in [1.165, 1.54) is 29.6 Å². The number of benzene rings is 2. The van der Waals surface area contributed by atoms with Gasteiger partial charge in [-0.05, 0) is 42.8 Å². The van der Waals surface area contributed by atoms with E-state index in [4.69, 9.17) is 4.74 Å². The maximum atomic E-state index is 13.8. The first-order valence-electron chi connectivity index (χ1n) is 11.7. The molecule has 8 nitrogen and oxygen atoms in total. The molecule has 0 saturated carbocycles. The van der Waals surface area contributed by atoms with Crippen molar-refractivity contribution in [2.75, 3.05) is 23.7 Å². The number of likely N-dealkylation sites (tertiary alicyclic amines) is 1. The molecule has 190 valence electrons. The van der Waals surface area contributed by atoms with Crippen LogP contribution in [0.1, 0.15) is 18.4 Å². The van der Waals surface area contributed by atoms with E-state index >= 15 is 0 Å². The normalized spacial score (nSPS) is 14.0. The maximum absolute atomic E-state index is 13.8. The number of ether oxygens (including phenoxy) is 1. The number of pyridine rings is 1. The average Bonchev–Trinajstić information content (AvgIpc) is 2.88. The average molecular weight is 509 g/mol. The highest BCUT2D eigenvalue weighted by Crippen LogP contribution is 2.29. The van der Waals surface area contributed by atoms with Crippen LogP contribution >= 0.6 is 0 Å². The zero-order valence-corrected chi connectivity index (χ0v) is 19.8. The number of hydrogen-bond acceptors (Lipinski definition) is 6. The monoisotopic (exact) mass is 508 g/mol. The molecule has 0 unspecified atom stereocenters. The first kappa shape index (κ1) is 24.3. The predicted molar refractivity (Wildman–Crippen MR) is 132 cm³/mol. The fourth-order valence-electron chi connectivity index (χ4n) is 4.19. The fraction of sp³-hybridized carbons (Fsp3) is 0.231. The summed E-state index contributed by atoms with van der Waals surface area (Å²) in [4.78, 5) is 25.9. The van der Waals surface area contributed by atoms with Gasteiger partial charge >= 0.3 is 6.03 Å². The number of nitrogens with zero attached hydrogens (tertiary/aromatic N) is 4. The second-order valence-electron chi connectivity index (χ2n) is 8.68. The van der Waals surface area contributed by atoms with Crippen LogP contribution < -0.4 is 15.4 Å². The highest BCUT2D eigenvalue weighted by atomic mass is 19.1. The number of carbonyl (C=O) groups is 1. The van der Waals surface area contributed by atoms with Crippen LogP contribution in [0.2, 0.25) is 0 Å². The van der Waals surface area contributed by atoms with E-state index in [0.717, 1.165) is 23.4 Å². The molecule has 0 aliphatic carbocycles. The molecule has 2 aromatic carbocycles. The van der Waals surface area contributed by atoms with E-state index in [2.05, 4.69) is 25.6 Å². The number of amides is 2. The number of carbonyl (C=O) groups excluding carboxylic acids is 1. The van der Waals surface area contributed by atoms with Crippen molar-refractivity contribution in [3.63, 3.8) is 0 Å². The number of urea groups is 1. The molecule has 1 saturated heterocycles. The molecule has 1 fully saturated rings. The van der Waals surface area contributed by atoms with Gasteiger partial charge in [0.25, 0.3) is 0 Å². The summed E-state index contributed by atoms with van der Waals surface area (Å²) < 4.78 is 47.5. The van der Waals surface area contributed by atoms with Crippen molar-refractivity contribution < 1.29 is 22.7 Å². The van der Waals surface area contributed by atoms with Crippen LogP contribution in [0.15, 0.2) is 55.0 Å².